The van der Waals surface area contributed by atoms with Gasteiger partial charge in [-0.2, -0.15) is 0 Å². The highest BCUT2D eigenvalue weighted by molar-refractivity contribution is 5.77. The van der Waals surface area contributed by atoms with E-state index in [-0.39, 0.29) is 30.4 Å². The maximum Gasteiger partial charge on any atom is 0.224 e. The summed E-state index contributed by atoms with van der Waals surface area (Å²) in [4.78, 5) is 14.1. The molecule has 0 spiro atoms. The molecule has 1 aromatic carbocycles. The molecule has 4 nitrogen and oxygen atoms in total. The lowest BCUT2D eigenvalue weighted by Gasteiger charge is -2.29. The maximum atomic E-state index is 13.7. The molecule has 1 aromatic rings. The number of hydrogen-bond donors (Lipinski definition) is 2. The van der Waals surface area contributed by atoms with Crippen molar-refractivity contribution in [1.82, 2.24) is 4.90 Å². The molecule has 0 fully saturated rings. The largest absolute Gasteiger partial charge is 0.401 e. The quantitative estimate of drug-likeness (QED) is 0.703. The molecule has 1 rings (SSSR count). The molecule has 0 bridgehead atoms. The average Bonchev–Trinajstić information content (AvgIpc) is 2.53. The molecule has 0 aromatic heterocycles. The van der Waals surface area contributed by atoms with E-state index in [0.717, 1.165) is 12.5 Å². The first-order valence-electron chi connectivity index (χ1n) is 8.35. The fraction of sp³-hybridized carbons (Fsp3) is 0.500. The van der Waals surface area contributed by atoms with E-state index in [0.29, 0.717) is 18.3 Å². The fourth-order valence-electron chi connectivity index (χ4n) is 2.67. The molecular weight excluding hydrogens is 331 g/mol. The van der Waals surface area contributed by atoms with Gasteiger partial charge in [-0.15, -0.1) is 0 Å². The highest BCUT2D eigenvalue weighted by atomic mass is 19.2. The second-order valence-corrected chi connectivity index (χ2v) is 5.99. The molecule has 2 atom stereocenters. The van der Waals surface area contributed by atoms with E-state index in [1.54, 1.807) is 4.90 Å². The van der Waals surface area contributed by atoms with Crippen molar-refractivity contribution in [2.75, 3.05) is 6.54 Å². The van der Waals surface area contributed by atoms with Gasteiger partial charge in [0.05, 0.1) is 6.04 Å². The standard InChI is InChI=1S/C18H26F3N3O/c1-4-6-17(23)11(3)24(5-2)18(25)9-13(22)7-12-8-15(20)16(21)10-14(12)19/h6,8,10-11,13H,4-5,7,9,22-23H2,1-3H3/b17-6-/t11?,13-/m1/s1. The normalized spacial score (nSPS) is 14.3. The van der Waals surface area contributed by atoms with Crippen LogP contribution in [0.3, 0.4) is 0 Å². The van der Waals surface area contributed by atoms with Gasteiger partial charge in [-0.25, -0.2) is 13.2 Å². The van der Waals surface area contributed by atoms with Crippen LogP contribution in [0.1, 0.15) is 39.2 Å². The molecule has 0 heterocycles. The summed E-state index contributed by atoms with van der Waals surface area (Å²) in [5.41, 5.74) is 12.4. The minimum atomic E-state index is -1.25. The molecule has 7 heteroatoms. The van der Waals surface area contributed by atoms with Crippen molar-refractivity contribution in [3.05, 3.63) is 46.9 Å². The topological polar surface area (TPSA) is 72.3 Å². The van der Waals surface area contributed by atoms with E-state index >= 15 is 0 Å². The molecule has 1 unspecified atom stereocenters. The number of likely N-dealkylation sites (N-methyl/N-ethyl adjacent to an activating group) is 1. The first-order valence-corrected chi connectivity index (χ1v) is 8.35. The van der Waals surface area contributed by atoms with Crippen LogP contribution in [0.25, 0.3) is 0 Å². The van der Waals surface area contributed by atoms with Crippen LogP contribution in [-0.4, -0.2) is 29.4 Å². The summed E-state index contributed by atoms with van der Waals surface area (Å²) < 4.78 is 39.9. The number of halogens is 3. The molecule has 0 saturated heterocycles. The van der Waals surface area contributed by atoms with Crippen LogP contribution in [0.4, 0.5) is 13.2 Å². The minimum absolute atomic E-state index is 0.0456. The number of amides is 1. The monoisotopic (exact) mass is 357 g/mol. The van der Waals surface area contributed by atoms with Gasteiger partial charge in [0.1, 0.15) is 5.82 Å². The average molecular weight is 357 g/mol. The van der Waals surface area contributed by atoms with Crippen LogP contribution in [-0.2, 0) is 11.2 Å². The van der Waals surface area contributed by atoms with Crippen molar-refractivity contribution in [2.45, 2.75) is 52.1 Å². The summed E-state index contributed by atoms with van der Waals surface area (Å²) in [5.74, 6) is -3.50. The third-order valence-electron chi connectivity index (χ3n) is 4.06. The van der Waals surface area contributed by atoms with Gasteiger partial charge < -0.3 is 16.4 Å². The van der Waals surface area contributed by atoms with E-state index in [9.17, 15) is 18.0 Å². The zero-order valence-electron chi connectivity index (χ0n) is 14.9. The van der Waals surface area contributed by atoms with Crippen molar-refractivity contribution in [2.24, 2.45) is 11.5 Å². The van der Waals surface area contributed by atoms with Gasteiger partial charge in [-0.3, -0.25) is 4.79 Å². The number of nitrogens with zero attached hydrogens (tertiary/aromatic N) is 1. The van der Waals surface area contributed by atoms with Gasteiger partial charge in [0.25, 0.3) is 0 Å². The summed E-state index contributed by atoms with van der Waals surface area (Å²) in [6.07, 6.45) is 2.49. The van der Waals surface area contributed by atoms with E-state index in [1.807, 2.05) is 26.8 Å². The van der Waals surface area contributed by atoms with Crippen molar-refractivity contribution in [1.29, 1.82) is 0 Å². The second kappa shape index (κ2) is 9.46. The zero-order chi connectivity index (χ0) is 19.1. The van der Waals surface area contributed by atoms with E-state index in [1.165, 1.54) is 0 Å². The molecule has 0 aliphatic carbocycles. The van der Waals surface area contributed by atoms with Crippen molar-refractivity contribution >= 4 is 5.91 Å². The maximum absolute atomic E-state index is 13.7. The van der Waals surface area contributed by atoms with Crippen molar-refractivity contribution in [3.63, 3.8) is 0 Å². The summed E-state index contributed by atoms with van der Waals surface area (Å²) in [5, 5.41) is 0. The number of carbonyl (C=O) groups is 1. The van der Waals surface area contributed by atoms with Crippen molar-refractivity contribution in [3.8, 4) is 0 Å². The smallest absolute Gasteiger partial charge is 0.224 e. The third kappa shape index (κ3) is 5.77. The van der Waals surface area contributed by atoms with Crippen LogP contribution in [0, 0.1) is 17.5 Å². The second-order valence-electron chi connectivity index (χ2n) is 5.99. The number of allylic oxidation sites excluding steroid dienone is 1. The summed E-state index contributed by atoms with van der Waals surface area (Å²) in [7, 11) is 0. The predicted octanol–water partition coefficient (Wildman–Crippen LogP) is 2.85. The van der Waals surface area contributed by atoms with E-state index in [2.05, 4.69) is 0 Å². The molecule has 140 valence electrons. The lowest BCUT2D eigenvalue weighted by atomic mass is 10.0. The molecule has 25 heavy (non-hydrogen) atoms. The number of nitrogens with two attached hydrogens (primary N) is 2. The Morgan fingerprint density at radius 3 is 2.36 bits per heavy atom. The van der Waals surface area contributed by atoms with Gasteiger partial charge in [0.15, 0.2) is 11.6 Å². The Hall–Kier alpha value is -2.02. The van der Waals surface area contributed by atoms with Gasteiger partial charge in [-0.05, 0) is 38.3 Å². The first-order chi connectivity index (χ1) is 11.7. The lowest BCUT2D eigenvalue weighted by Crippen LogP contribution is -2.44. The molecule has 0 radical (unpaired) electrons. The summed E-state index contributed by atoms with van der Waals surface area (Å²) >= 11 is 0. The Kier molecular flexibility index (Phi) is 7.96. The van der Waals surface area contributed by atoms with Crippen LogP contribution >= 0.6 is 0 Å². The summed E-state index contributed by atoms with van der Waals surface area (Å²) in [6, 6.07) is 0.265. The van der Waals surface area contributed by atoms with Crippen molar-refractivity contribution < 1.29 is 18.0 Å². The SMILES string of the molecule is CC/C=C(\N)C(C)N(CC)C(=O)C[C@H](N)Cc1cc(F)c(F)cc1F. The Balaban J connectivity index is 2.78. The molecular formula is C18H26F3N3O. The molecule has 0 aliphatic rings. The predicted molar refractivity (Wildman–Crippen MR) is 92.0 cm³/mol. The van der Waals surface area contributed by atoms with Gasteiger partial charge in [-0.1, -0.05) is 13.0 Å². The van der Waals surface area contributed by atoms with Gasteiger partial charge >= 0.3 is 0 Å². The molecule has 0 saturated carbocycles. The Morgan fingerprint density at radius 1 is 1.20 bits per heavy atom. The number of rotatable bonds is 8. The molecule has 0 aliphatic heterocycles. The summed E-state index contributed by atoms with van der Waals surface area (Å²) in [6.45, 7) is 6.05. The first kappa shape index (κ1) is 21.0. The van der Waals surface area contributed by atoms with Crippen LogP contribution < -0.4 is 11.5 Å². The minimum Gasteiger partial charge on any atom is -0.401 e. The number of carbonyl (C=O) groups excluding carboxylic acids is 1. The highest BCUT2D eigenvalue weighted by Crippen LogP contribution is 2.17. The Bertz CT molecular complexity index is 634. The van der Waals surface area contributed by atoms with E-state index in [4.69, 9.17) is 11.5 Å². The zero-order valence-corrected chi connectivity index (χ0v) is 14.9. The number of benzene rings is 1. The molecule has 1 amide bonds. The van der Waals surface area contributed by atoms with Crippen LogP contribution in [0.2, 0.25) is 0 Å². The van der Waals surface area contributed by atoms with Gasteiger partial charge in [0, 0.05) is 30.8 Å². The van der Waals surface area contributed by atoms with Gasteiger partial charge in [0.2, 0.25) is 5.91 Å². The Labute approximate surface area is 146 Å². The fourth-order valence-corrected chi connectivity index (χ4v) is 2.67. The molecule has 4 N–H and O–H groups in total. The Morgan fingerprint density at radius 2 is 1.80 bits per heavy atom. The highest BCUT2D eigenvalue weighted by Gasteiger charge is 2.23. The third-order valence-corrected chi connectivity index (χ3v) is 4.06. The van der Waals surface area contributed by atoms with Crippen LogP contribution in [0.5, 0.6) is 0 Å². The number of hydrogen-bond acceptors (Lipinski definition) is 3. The van der Waals surface area contributed by atoms with Crippen LogP contribution in [0.15, 0.2) is 23.9 Å². The van der Waals surface area contributed by atoms with E-state index < -0.39 is 23.5 Å². The lowest BCUT2D eigenvalue weighted by molar-refractivity contribution is -0.132.